The van der Waals surface area contributed by atoms with Crippen molar-refractivity contribution in [2.45, 2.75) is 0 Å². The van der Waals surface area contributed by atoms with Crippen molar-refractivity contribution in [3.05, 3.63) is 58.6 Å². The zero-order chi connectivity index (χ0) is 12.3. The second kappa shape index (κ2) is 5.05. The molecule has 0 aliphatic rings. The van der Waals surface area contributed by atoms with Crippen molar-refractivity contribution < 1.29 is 9.18 Å². The molecule has 0 unspecified atom stereocenters. The van der Waals surface area contributed by atoms with Crippen LogP contribution >= 0.6 is 15.9 Å². The van der Waals surface area contributed by atoms with Gasteiger partial charge in [-0.1, -0.05) is 6.07 Å². The fourth-order valence-electron chi connectivity index (χ4n) is 1.27. The average Bonchev–Trinajstić information content (AvgIpc) is 2.35. The van der Waals surface area contributed by atoms with Gasteiger partial charge in [0.25, 0.3) is 5.91 Å². The minimum atomic E-state index is -0.427. The van der Waals surface area contributed by atoms with Gasteiger partial charge in [-0.2, -0.15) is 0 Å². The van der Waals surface area contributed by atoms with Gasteiger partial charge in [0.15, 0.2) is 0 Å². The first kappa shape index (κ1) is 11.7. The number of nitrogens with one attached hydrogen (secondary N) is 1. The van der Waals surface area contributed by atoms with Gasteiger partial charge in [-0.05, 0) is 46.3 Å². The summed E-state index contributed by atoms with van der Waals surface area (Å²) in [7, 11) is 0. The molecule has 2 aromatic rings. The van der Waals surface area contributed by atoms with Crippen LogP contribution in [0.4, 0.5) is 10.1 Å². The molecular formula is C12H8BrFN2O. The average molecular weight is 295 g/mol. The van der Waals surface area contributed by atoms with Gasteiger partial charge >= 0.3 is 0 Å². The third kappa shape index (κ3) is 2.88. The van der Waals surface area contributed by atoms with Gasteiger partial charge in [0.05, 0.1) is 4.47 Å². The number of rotatable bonds is 2. The molecular weight excluding hydrogens is 287 g/mol. The van der Waals surface area contributed by atoms with E-state index >= 15 is 0 Å². The molecule has 0 saturated carbocycles. The van der Waals surface area contributed by atoms with Gasteiger partial charge < -0.3 is 5.32 Å². The fourth-order valence-corrected chi connectivity index (χ4v) is 1.51. The molecule has 86 valence electrons. The van der Waals surface area contributed by atoms with Crippen molar-refractivity contribution in [1.29, 1.82) is 0 Å². The van der Waals surface area contributed by atoms with Gasteiger partial charge in [0, 0.05) is 11.9 Å². The molecule has 0 bridgehead atoms. The smallest absolute Gasteiger partial charge is 0.274 e. The van der Waals surface area contributed by atoms with E-state index in [-0.39, 0.29) is 11.6 Å². The molecule has 0 atom stereocenters. The van der Waals surface area contributed by atoms with Crippen LogP contribution in [0, 0.1) is 5.82 Å². The summed E-state index contributed by atoms with van der Waals surface area (Å²) in [5, 5.41) is 2.56. The number of nitrogens with zero attached hydrogens (tertiary/aromatic N) is 1. The topological polar surface area (TPSA) is 42.0 Å². The quantitative estimate of drug-likeness (QED) is 0.924. The number of halogens is 2. The summed E-state index contributed by atoms with van der Waals surface area (Å²) in [6, 6.07) is 9.40. The molecule has 0 spiro atoms. The summed E-state index contributed by atoms with van der Waals surface area (Å²) in [6.45, 7) is 0. The van der Waals surface area contributed by atoms with Crippen molar-refractivity contribution in [2.75, 3.05) is 5.32 Å². The van der Waals surface area contributed by atoms with E-state index in [1.165, 1.54) is 18.3 Å². The van der Waals surface area contributed by atoms with Crippen molar-refractivity contribution >= 4 is 27.5 Å². The predicted octanol–water partition coefficient (Wildman–Crippen LogP) is 3.24. The lowest BCUT2D eigenvalue weighted by Gasteiger charge is -2.05. The highest BCUT2D eigenvalue weighted by molar-refractivity contribution is 9.10. The second-order valence-electron chi connectivity index (χ2n) is 3.30. The van der Waals surface area contributed by atoms with Crippen LogP contribution in [0.25, 0.3) is 0 Å². The third-order valence-electron chi connectivity index (χ3n) is 2.08. The van der Waals surface area contributed by atoms with Crippen LogP contribution in [0.1, 0.15) is 10.5 Å². The maximum atomic E-state index is 13.2. The number of aromatic nitrogens is 1. The Labute approximate surface area is 106 Å². The van der Waals surface area contributed by atoms with Crippen LogP contribution in [-0.2, 0) is 0 Å². The standard InChI is InChI=1S/C12H8BrFN2O/c13-9-5-4-8(7-10(9)14)16-12(17)11-3-1-2-6-15-11/h1-7H,(H,16,17). The van der Waals surface area contributed by atoms with Crippen LogP contribution in [-0.4, -0.2) is 10.9 Å². The Bertz CT molecular complexity index is 545. The minimum absolute atomic E-state index is 0.288. The van der Waals surface area contributed by atoms with E-state index in [9.17, 15) is 9.18 Å². The highest BCUT2D eigenvalue weighted by Gasteiger charge is 2.07. The Hall–Kier alpha value is -1.75. The molecule has 3 nitrogen and oxygen atoms in total. The van der Waals surface area contributed by atoms with Crippen molar-refractivity contribution in [3.63, 3.8) is 0 Å². The van der Waals surface area contributed by atoms with E-state index in [0.29, 0.717) is 10.2 Å². The number of amides is 1. The molecule has 2 rings (SSSR count). The highest BCUT2D eigenvalue weighted by atomic mass is 79.9. The number of hydrogen-bond acceptors (Lipinski definition) is 2. The van der Waals surface area contributed by atoms with Crippen molar-refractivity contribution in [2.24, 2.45) is 0 Å². The predicted molar refractivity (Wildman–Crippen MR) is 66.3 cm³/mol. The van der Waals surface area contributed by atoms with Gasteiger partial charge in [-0.25, -0.2) is 4.39 Å². The molecule has 0 fully saturated rings. The van der Waals surface area contributed by atoms with E-state index in [2.05, 4.69) is 26.2 Å². The zero-order valence-corrected chi connectivity index (χ0v) is 10.2. The van der Waals surface area contributed by atoms with Crippen LogP contribution < -0.4 is 5.32 Å². The highest BCUT2D eigenvalue weighted by Crippen LogP contribution is 2.19. The molecule has 0 radical (unpaired) electrons. The number of benzene rings is 1. The monoisotopic (exact) mass is 294 g/mol. The second-order valence-corrected chi connectivity index (χ2v) is 4.15. The maximum Gasteiger partial charge on any atom is 0.274 e. The normalized spacial score (nSPS) is 10.0. The fraction of sp³-hybridized carbons (Fsp3) is 0. The Morgan fingerprint density at radius 2 is 2.12 bits per heavy atom. The van der Waals surface area contributed by atoms with Crippen molar-refractivity contribution in [1.82, 2.24) is 4.98 Å². The first-order valence-electron chi connectivity index (χ1n) is 4.84. The van der Waals surface area contributed by atoms with E-state index in [4.69, 9.17) is 0 Å². The Morgan fingerprint density at radius 3 is 2.76 bits per heavy atom. The number of hydrogen-bond donors (Lipinski definition) is 1. The lowest BCUT2D eigenvalue weighted by Crippen LogP contribution is -2.13. The van der Waals surface area contributed by atoms with Gasteiger partial charge in [0.1, 0.15) is 11.5 Å². The summed E-state index contributed by atoms with van der Waals surface area (Å²) in [5.74, 6) is -0.795. The molecule has 1 aromatic carbocycles. The molecule has 0 aliphatic heterocycles. The lowest BCUT2D eigenvalue weighted by atomic mass is 10.3. The van der Waals surface area contributed by atoms with Gasteiger partial charge in [-0.3, -0.25) is 9.78 Å². The minimum Gasteiger partial charge on any atom is -0.321 e. The van der Waals surface area contributed by atoms with E-state index in [1.54, 1.807) is 24.3 Å². The number of carbonyl (C=O) groups is 1. The van der Waals surface area contributed by atoms with Crippen molar-refractivity contribution in [3.8, 4) is 0 Å². The summed E-state index contributed by atoms with van der Waals surface area (Å²) in [6.07, 6.45) is 1.52. The van der Waals surface area contributed by atoms with Gasteiger partial charge in [-0.15, -0.1) is 0 Å². The number of anilines is 1. The first-order valence-corrected chi connectivity index (χ1v) is 5.63. The molecule has 0 saturated heterocycles. The van der Waals surface area contributed by atoms with E-state index in [0.717, 1.165) is 0 Å². The maximum absolute atomic E-state index is 13.2. The summed E-state index contributed by atoms with van der Waals surface area (Å²) >= 11 is 3.04. The molecule has 1 N–H and O–H groups in total. The molecule has 1 aromatic heterocycles. The molecule has 1 amide bonds. The molecule has 0 aliphatic carbocycles. The first-order chi connectivity index (χ1) is 8.16. The zero-order valence-electron chi connectivity index (χ0n) is 8.65. The number of carbonyl (C=O) groups excluding carboxylic acids is 1. The summed E-state index contributed by atoms with van der Waals surface area (Å²) < 4.78 is 13.6. The van der Waals surface area contributed by atoms with Crippen LogP contribution in [0.3, 0.4) is 0 Å². The van der Waals surface area contributed by atoms with E-state index < -0.39 is 5.82 Å². The van der Waals surface area contributed by atoms with Crippen LogP contribution in [0.2, 0.25) is 0 Å². The summed E-state index contributed by atoms with van der Waals surface area (Å²) in [4.78, 5) is 15.6. The molecule has 1 heterocycles. The lowest BCUT2D eigenvalue weighted by molar-refractivity contribution is 0.102. The SMILES string of the molecule is O=C(Nc1ccc(Br)c(F)c1)c1ccccn1. The largest absolute Gasteiger partial charge is 0.321 e. The Kier molecular flexibility index (Phi) is 3.49. The Morgan fingerprint density at radius 1 is 1.29 bits per heavy atom. The van der Waals surface area contributed by atoms with Gasteiger partial charge in [0.2, 0.25) is 0 Å². The number of pyridine rings is 1. The molecule has 17 heavy (non-hydrogen) atoms. The van der Waals surface area contributed by atoms with E-state index in [1.807, 2.05) is 0 Å². The van der Waals surface area contributed by atoms with Crippen LogP contribution in [0.15, 0.2) is 47.1 Å². The Balaban J connectivity index is 2.16. The third-order valence-corrected chi connectivity index (χ3v) is 2.72. The molecule has 5 heteroatoms. The summed E-state index contributed by atoms with van der Waals surface area (Å²) in [5.41, 5.74) is 0.678. The van der Waals surface area contributed by atoms with Crippen LogP contribution in [0.5, 0.6) is 0 Å².